The van der Waals surface area contributed by atoms with Crippen molar-refractivity contribution in [2.75, 3.05) is 5.32 Å². The number of amidine groups is 1. The molecule has 0 aromatic heterocycles. The van der Waals surface area contributed by atoms with Gasteiger partial charge in [-0.05, 0) is 44.5 Å². The zero-order valence-electron chi connectivity index (χ0n) is 18.1. The summed E-state index contributed by atoms with van der Waals surface area (Å²) in [6, 6.07) is 17.0. The number of hydrogen-bond acceptors (Lipinski definition) is 1. The molecule has 0 saturated carbocycles. The van der Waals surface area contributed by atoms with E-state index in [1.54, 1.807) is 0 Å². The zero-order valence-corrected chi connectivity index (χ0v) is 18.1. The third kappa shape index (κ3) is 9.21. The third-order valence-corrected chi connectivity index (χ3v) is 5.16. The molecule has 0 bridgehead atoms. The molecule has 0 radical (unpaired) electrons. The number of benzene rings is 2. The summed E-state index contributed by atoms with van der Waals surface area (Å²) < 4.78 is 0. The van der Waals surface area contributed by atoms with Crippen LogP contribution in [0.25, 0.3) is 0 Å². The van der Waals surface area contributed by atoms with Crippen LogP contribution in [0.1, 0.15) is 82.3 Å². The Kier molecular flexibility index (Phi) is 10.4. The highest BCUT2D eigenvalue weighted by Crippen LogP contribution is 2.17. The van der Waals surface area contributed by atoms with Gasteiger partial charge in [0, 0.05) is 12.1 Å². The van der Waals surface area contributed by atoms with Gasteiger partial charge in [0.1, 0.15) is 5.84 Å². The molecule has 1 N–H and O–H groups in total. The second-order valence-corrected chi connectivity index (χ2v) is 7.96. The maximum absolute atomic E-state index is 4.89. The lowest BCUT2D eigenvalue weighted by atomic mass is 10.1. The Morgan fingerprint density at radius 3 is 1.75 bits per heavy atom. The van der Waals surface area contributed by atoms with Crippen LogP contribution in [0.2, 0.25) is 0 Å². The van der Waals surface area contributed by atoms with Crippen molar-refractivity contribution in [3.05, 3.63) is 59.7 Å². The van der Waals surface area contributed by atoms with Crippen LogP contribution < -0.4 is 5.32 Å². The summed E-state index contributed by atoms with van der Waals surface area (Å²) in [5.74, 6) is 1.07. The highest BCUT2D eigenvalue weighted by atomic mass is 15.0. The lowest BCUT2D eigenvalue weighted by Crippen LogP contribution is -2.11. The summed E-state index contributed by atoms with van der Waals surface area (Å²) >= 11 is 0. The molecule has 152 valence electrons. The second-order valence-electron chi connectivity index (χ2n) is 7.96. The number of rotatable bonds is 12. The summed E-state index contributed by atoms with van der Waals surface area (Å²) in [7, 11) is 0. The van der Waals surface area contributed by atoms with E-state index in [-0.39, 0.29) is 0 Å². The number of nitrogens with zero attached hydrogens (tertiary/aromatic N) is 1. The molecule has 0 amide bonds. The molecular formula is C26H38N2. The average molecular weight is 379 g/mol. The van der Waals surface area contributed by atoms with Crippen molar-refractivity contribution in [3.8, 4) is 0 Å². The molecular weight excluding hydrogens is 340 g/mol. The molecule has 0 unspecified atom stereocenters. The zero-order chi connectivity index (χ0) is 20.0. The summed E-state index contributed by atoms with van der Waals surface area (Å²) in [5.41, 5.74) is 4.69. The van der Waals surface area contributed by atoms with Crippen LogP contribution in [0.3, 0.4) is 0 Å². The van der Waals surface area contributed by atoms with Crippen molar-refractivity contribution >= 4 is 17.2 Å². The fraction of sp³-hybridized carbons (Fsp3) is 0.500. The molecule has 0 aliphatic rings. The van der Waals surface area contributed by atoms with Gasteiger partial charge in [0.15, 0.2) is 0 Å². The van der Waals surface area contributed by atoms with Crippen LogP contribution in [0, 0.1) is 13.8 Å². The van der Waals surface area contributed by atoms with Gasteiger partial charge in [-0.15, -0.1) is 0 Å². The minimum Gasteiger partial charge on any atom is -0.344 e. The van der Waals surface area contributed by atoms with Gasteiger partial charge in [-0.2, -0.15) is 0 Å². The fourth-order valence-electron chi connectivity index (χ4n) is 3.33. The maximum atomic E-state index is 4.89. The van der Waals surface area contributed by atoms with Crippen LogP contribution in [0.15, 0.2) is 53.5 Å². The Hall–Kier alpha value is -2.09. The number of hydrogen-bond donors (Lipinski definition) is 1. The molecule has 2 nitrogen and oxygen atoms in total. The molecule has 0 heterocycles. The predicted octanol–water partition coefficient (Wildman–Crippen LogP) is 8.37. The van der Waals surface area contributed by atoms with Crippen LogP contribution >= 0.6 is 0 Å². The Balaban J connectivity index is 1.84. The van der Waals surface area contributed by atoms with E-state index in [2.05, 4.69) is 74.6 Å². The summed E-state index contributed by atoms with van der Waals surface area (Å²) in [6.45, 7) is 6.51. The predicted molar refractivity (Wildman–Crippen MR) is 125 cm³/mol. The molecule has 0 aliphatic carbocycles. The van der Waals surface area contributed by atoms with Gasteiger partial charge in [0.05, 0.1) is 5.69 Å². The first kappa shape index (κ1) is 22.2. The summed E-state index contributed by atoms with van der Waals surface area (Å²) in [5, 5.41) is 3.54. The first-order chi connectivity index (χ1) is 13.7. The molecule has 0 saturated heterocycles. The van der Waals surface area contributed by atoms with Crippen molar-refractivity contribution in [2.45, 2.75) is 85.0 Å². The largest absolute Gasteiger partial charge is 0.344 e. The average Bonchev–Trinajstić information content (AvgIpc) is 2.70. The monoisotopic (exact) mass is 378 g/mol. The SMILES string of the molecule is CCCCCCCCCCCC(=Nc1ccc(C)cc1)Nc1ccc(C)cc1. The molecule has 2 aromatic carbocycles. The molecule has 0 fully saturated rings. The van der Waals surface area contributed by atoms with Crippen LogP contribution in [0.5, 0.6) is 0 Å². The third-order valence-electron chi connectivity index (χ3n) is 5.16. The normalized spacial score (nSPS) is 11.6. The minimum atomic E-state index is 0.998. The molecule has 2 heteroatoms. The fourth-order valence-corrected chi connectivity index (χ4v) is 3.33. The van der Waals surface area contributed by atoms with E-state index in [9.17, 15) is 0 Å². The topological polar surface area (TPSA) is 24.4 Å². The molecule has 2 rings (SSSR count). The lowest BCUT2D eigenvalue weighted by molar-refractivity contribution is 0.568. The Bertz CT molecular complexity index is 683. The maximum Gasteiger partial charge on any atom is 0.107 e. The van der Waals surface area contributed by atoms with Gasteiger partial charge in [0.25, 0.3) is 0 Å². The lowest BCUT2D eigenvalue weighted by Gasteiger charge is -2.11. The standard InChI is InChI=1S/C26H38N2/c1-4-5-6-7-8-9-10-11-12-13-26(27-24-18-14-22(2)15-19-24)28-25-20-16-23(3)17-21-25/h14-21H,4-13H2,1-3H3,(H,27,28). The Morgan fingerprint density at radius 2 is 1.18 bits per heavy atom. The second kappa shape index (κ2) is 13.1. The summed E-state index contributed by atoms with van der Waals surface area (Å²) in [4.78, 5) is 4.89. The number of aryl methyl sites for hydroxylation is 2. The van der Waals surface area contributed by atoms with E-state index in [1.807, 2.05) is 0 Å². The molecule has 28 heavy (non-hydrogen) atoms. The van der Waals surface area contributed by atoms with E-state index in [0.717, 1.165) is 23.6 Å². The number of anilines is 1. The van der Waals surface area contributed by atoms with E-state index in [4.69, 9.17) is 4.99 Å². The van der Waals surface area contributed by atoms with Crippen LogP contribution in [0.4, 0.5) is 11.4 Å². The Morgan fingerprint density at radius 1 is 0.679 bits per heavy atom. The highest BCUT2D eigenvalue weighted by molar-refractivity contribution is 5.97. The van der Waals surface area contributed by atoms with Crippen LogP contribution in [-0.4, -0.2) is 5.84 Å². The molecule has 0 spiro atoms. The van der Waals surface area contributed by atoms with Crippen LogP contribution in [-0.2, 0) is 0 Å². The molecule has 0 atom stereocenters. The Labute approximate surface area is 172 Å². The van der Waals surface area contributed by atoms with E-state index in [0.29, 0.717) is 0 Å². The van der Waals surface area contributed by atoms with Crippen molar-refractivity contribution < 1.29 is 0 Å². The van der Waals surface area contributed by atoms with Gasteiger partial charge in [-0.3, -0.25) is 0 Å². The molecule has 0 aliphatic heterocycles. The van der Waals surface area contributed by atoms with Gasteiger partial charge in [-0.25, -0.2) is 4.99 Å². The summed E-state index contributed by atoms with van der Waals surface area (Å²) in [6.07, 6.45) is 13.1. The number of aliphatic imine (C=N–C) groups is 1. The quantitative estimate of drug-likeness (QED) is 0.224. The number of unbranched alkanes of at least 4 members (excludes halogenated alkanes) is 8. The number of nitrogens with one attached hydrogen (secondary N) is 1. The van der Waals surface area contributed by atoms with Crippen molar-refractivity contribution in [2.24, 2.45) is 4.99 Å². The van der Waals surface area contributed by atoms with Crippen molar-refractivity contribution in [1.29, 1.82) is 0 Å². The van der Waals surface area contributed by atoms with Gasteiger partial charge in [-0.1, -0.05) is 93.7 Å². The minimum absolute atomic E-state index is 0.998. The van der Waals surface area contributed by atoms with E-state index < -0.39 is 0 Å². The van der Waals surface area contributed by atoms with Gasteiger partial charge >= 0.3 is 0 Å². The molecule has 2 aromatic rings. The highest BCUT2D eigenvalue weighted by Gasteiger charge is 2.03. The van der Waals surface area contributed by atoms with E-state index >= 15 is 0 Å². The van der Waals surface area contributed by atoms with Crippen molar-refractivity contribution in [3.63, 3.8) is 0 Å². The van der Waals surface area contributed by atoms with Crippen molar-refractivity contribution in [1.82, 2.24) is 0 Å². The van der Waals surface area contributed by atoms with Gasteiger partial charge in [0.2, 0.25) is 0 Å². The first-order valence-electron chi connectivity index (χ1n) is 11.2. The van der Waals surface area contributed by atoms with E-state index in [1.165, 1.54) is 68.9 Å². The first-order valence-corrected chi connectivity index (χ1v) is 11.2. The smallest absolute Gasteiger partial charge is 0.107 e. The van der Waals surface area contributed by atoms with Gasteiger partial charge < -0.3 is 5.32 Å².